The van der Waals surface area contributed by atoms with Gasteiger partial charge in [0, 0.05) is 0 Å². The highest BCUT2D eigenvalue weighted by molar-refractivity contribution is 5.73. The summed E-state index contributed by atoms with van der Waals surface area (Å²) < 4.78 is 18.3. The first-order valence-corrected chi connectivity index (χ1v) is 5.92. The maximum atomic E-state index is 13.1. The van der Waals surface area contributed by atoms with Crippen molar-refractivity contribution < 1.29 is 19.0 Å². The van der Waals surface area contributed by atoms with Crippen molar-refractivity contribution in [3.63, 3.8) is 0 Å². The molecule has 3 nitrogen and oxygen atoms in total. The largest absolute Gasteiger partial charge is 0.496 e. The predicted octanol–water partition coefficient (Wildman–Crippen LogP) is 3.27. The Balaban J connectivity index is 2.64. The molecule has 0 bridgehead atoms. The Labute approximate surface area is 107 Å². The molecule has 100 valence electrons. The van der Waals surface area contributed by atoms with Gasteiger partial charge < -0.3 is 9.84 Å². The van der Waals surface area contributed by atoms with Crippen molar-refractivity contribution >= 4 is 5.97 Å². The van der Waals surface area contributed by atoms with E-state index in [9.17, 15) is 9.18 Å². The average molecular weight is 254 g/mol. The predicted molar refractivity (Wildman–Crippen MR) is 67.3 cm³/mol. The lowest BCUT2D eigenvalue weighted by atomic mass is 9.86. The second kappa shape index (κ2) is 5.85. The van der Waals surface area contributed by atoms with Crippen molar-refractivity contribution in [1.29, 1.82) is 0 Å². The SMILES string of the molecule is COc1ccc(F)cc1CCCC(C)(C)C(=O)O. The van der Waals surface area contributed by atoms with Crippen LogP contribution in [0.2, 0.25) is 0 Å². The number of benzene rings is 1. The third kappa shape index (κ3) is 3.72. The van der Waals surface area contributed by atoms with E-state index in [0.29, 0.717) is 25.0 Å². The summed E-state index contributed by atoms with van der Waals surface area (Å²) >= 11 is 0. The van der Waals surface area contributed by atoms with Crippen LogP contribution in [0.25, 0.3) is 0 Å². The topological polar surface area (TPSA) is 46.5 Å². The van der Waals surface area contributed by atoms with Crippen LogP contribution >= 0.6 is 0 Å². The molecule has 0 aliphatic rings. The number of carboxylic acid groups (broad SMARTS) is 1. The monoisotopic (exact) mass is 254 g/mol. The number of hydrogen-bond donors (Lipinski definition) is 1. The standard InChI is InChI=1S/C14H19FO3/c1-14(2,13(16)17)8-4-5-10-9-11(15)6-7-12(10)18-3/h6-7,9H,4-5,8H2,1-3H3,(H,16,17). The van der Waals surface area contributed by atoms with Crippen LogP contribution in [-0.4, -0.2) is 18.2 Å². The summed E-state index contributed by atoms with van der Waals surface area (Å²) in [7, 11) is 1.54. The lowest BCUT2D eigenvalue weighted by Gasteiger charge is -2.18. The van der Waals surface area contributed by atoms with Gasteiger partial charge in [-0.15, -0.1) is 0 Å². The average Bonchev–Trinajstić information content (AvgIpc) is 2.29. The van der Waals surface area contributed by atoms with Crippen LogP contribution in [-0.2, 0) is 11.2 Å². The molecule has 1 aromatic carbocycles. The van der Waals surface area contributed by atoms with Gasteiger partial charge in [0.05, 0.1) is 12.5 Å². The van der Waals surface area contributed by atoms with Crippen LogP contribution in [0.3, 0.4) is 0 Å². The third-order valence-electron chi connectivity index (χ3n) is 3.07. The quantitative estimate of drug-likeness (QED) is 0.847. The fourth-order valence-corrected chi connectivity index (χ4v) is 1.77. The Morgan fingerprint density at radius 3 is 2.67 bits per heavy atom. The molecule has 0 aromatic heterocycles. The van der Waals surface area contributed by atoms with Crippen molar-refractivity contribution in [3.8, 4) is 5.75 Å². The molecule has 0 heterocycles. The number of rotatable bonds is 6. The second-order valence-corrected chi connectivity index (χ2v) is 5.00. The summed E-state index contributed by atoms with van der Waals surface area (Å²) in [6, 6.07) is 4.38. The van der Waals surface area contributed by atoms with E-state index in [1.807, 2.05) is 0 Å². The molecule has 4 heteroatoms. The van der Waals surface area contributed by atoms with Gasteiger partial charge in [-0.3, -0.25) is 4.79 Å². The summed E-state index contributed by atoms with van der Waals surface area (Å²) in [6.07, 6.45) is 1.83. The van der Waals surface area contributed by atoms with Crippen LogP contribution in [0.15, 0.2) is 18.2 Å². The normalized spacial score (nSPS) is 11.3. The number of methoxy groups -OCH3 is 1. The lowest BCUT2D eigenvalue weighted by Crippen LogP contribution is -2.23. The van der Waals surface area contributed by atoms with Gasteiger partial charge in [0.1, 0.15) is 11.6 Å². The smallest absolute Gasteiger partial charge is 0.309 e. The summed E-state index contributed by atoms with van der Waals surface area (Å²) in [6.45, 7) is 3.39. The fraction of sp³-hybridized carbons (Fsp3) is 0.500. The third-order valence-corrected chi connectivity index (χ3v) is 3.07. The molecule has 0 spiro atoms. The van der Waals surface area contributed by atoms with Crippen LogP contribution in [0.4, 0.5) is 4.39 Å². The molecular formula is C14H19FO3. The number of hydrogen-bond acceptors (Lipinski definition) is 2. The Hall–Kier alpha value is -1.58. The van der Waals surface area contributed by atoms with Gasteiger partial charge in [0.15, 0.2) is 0 Å². The first-order valence-electron chi connectivity index (χ1n) is 5.92. The van der Waals surface area contributed by atoms with Gasteiger partial charge in [0.2, 0.25) is 0 Å². The van der Waals surface area contributed by atoms with Crippen molar-refractivity contribution in [2.75, 3.05) is 7.11 Å². The minimum Gasteiger partial charge on any atom is -0.496 e. The molecule has 18 heavy (non-hydrogen) atoms. The van der Waals surface area contributed by atoms with E-state index >= 15 is 0 Å². The van der Waals surface area contributed by atoms with E-state index in [-0.39, 0.29) is 5.82 Å². The van der Waals surface area contributed by atoms with Crippen molar-refractivity contribution in [3.05, 3.63) is 29.6 Å². The Morgan fingerprint density at radius 1 is 1.44 bits per heavy atom. The van der Waals surface area contributed by atoms with E-state index in [4.69, 9.17) is 9.84 Å². The molecule has 0 fully saturated rings. The highest BCUT2D eigenvalue weighted by Gasteiger charge is 2.26. The van der Waals surface area contributed by atoms with E-state index < -0.39 is 11.4 Å². The number of aliphatic carboxylic acids is 1. The molecule has 0 atom stereocenters. The van der Waals surface area contributed by atoms with Gasteiger partial charge in [0.25, 0.3) is 0 Å². The number of halogens is 1. The van der Waals surface area contributed by atoms with E-state index in [0.717, 1.165) is 5.56 Å². The van der Waals surface area contributed by atoms with Crippen LogP contribution in [0.1, 0.15) is 32.3 Å². The highest BCUT2D eigenvalue weighted by atomic mass is 19.1. The maximum absolute atomic E-state index is 13.1. The number of aryl methyl sites for hydroxylation is 1. The fourth-order valence-electron chi connectivity index (χ4n) is 1.77. The zero-order valence-electron chi connectivity index (χ0n) is 11.0. The lowest BCUT2D eigenvalue weighted by molar-refractivity contribution is -0.147. The summed E-state index contributed by atoms with van der Waals surface area (Å²) in [5.74, 6) is -0.471. The van der Waals surface area contributed by atoms with Gasteiger partial charge in [-0.2, -0.15) is 0 Å². The molecule has 0 aliphatic heterocycles. The Kier molecular flexibility index (Phi) is 4.70. The minimum atomic E-state index is -0.811. The minimum absolute atomic E-state index is 0.303. The van der Waals surface area contributed by atoms with Gasteiger partial charge in [-0.1, -0.05) is 0 Å². The molecule has 1 N–H and O–H groups in total. The molecule has 0 aliphatic carbocycles. The van der Waals surface area contributed by atoms with Crippen molar-refractivity contribution in [2.24, 2.45) is 5.41 Å². The molecule has 0 saturated carbocycles. The van der Waals surface area contributed by atoms with Gasteiger partial charge >= 0.3 is 5.97 Å². The van der Waals surface area contributed by atoms with Crippen LogP contribution in [0, 0.1) is 11.2 Å². The van der Waals surface area contributed by atoms with Crippen LogP contribution < -0.4 is 4.74 Å². The second-order valence-electron chi connectivity index (χ2n) is 5.00. The zero-order chi connectivity index (χ0) is 13.8. The van der Waals surface area contributed by atoms with Crippen molar-refractivity contribution in [1.82, 2.24) is 0 Å². The summed E-state index contributed by atoms with van der Waals surface area (Å²) in [5, 5.41) is 9.00. The van der Waals surface area contributed by atoms with Crippen LogP contribution in [0.5, 0.6) is 5.75 Å². The first kappa shape index (κ1) is 14.5. The molecule has 0 radical (unpaired) electrons. The number of carbonyl (C=O) groups is 1. The first-order chi connectivity index (χ1) is 8.36. The summed E-state index contributed by atoms with van der Waals surface area (Å²) in [5.41, 5.74) is 0.0271. The Bertz CT molecular complexity index is 427. The van der Waals surface area contributed by atoms with Gasteiger partial charge in [-0.25, -0.2) is 4.39 Å². The molecule has 0 amide bonds. The van der Waals surface area contributed by atoms with E-state index in [2.05, 4.69) is 0 Å². The molecule has 0 saturated heterocycles. The van der Waals surface area contributed by atoms with Crippen molar-refractivity contribution in [2.45, 2.75) is 33.1 Å². The highest BCUT2D eigenvalue weighted by Crippen LogP contribution is 2.26. The summed E-state index contributed by atoms with van der Waals surface area (Å²) in [4.78, 5) is 11.0. The Morgan fingerprint density at radius 2 is 2.11 bits per heavy atom. The molecule has 1 rings (SSSR count). The molecular weight excluding hydrogens is 235 g/mol. The van der Waals surface area contributed by atoms with Gasteiger partial charge in [-0.05, 0) is 56.9 Å². The van der Waals surface area contributed by atoms with E-state index in [1.54, 1.807) is 19.9 Å². The molecule has 1 aromatic rings. The van der Waals surface area contributed by atoms with E-state index in [1.165, 1.54) is 19.2 Å². The molecule has 0 unspecified atom stereocenters. The zero-order valence-corrected chi connectivity index (χ0v) is 11.0. The number of ether oxygens (including phenoxy) is 1. The number of carboxylic acids is 1. The maximum Gasteiger partial charge on any atom is 0.309 e.